The van der Waals surface area contributed by atoms with Crippen LogP contribution in [0.25, 0.3) is 21.7 Å². The van der Waals surface area contributed by atoms with Crippen LogP contribution in [0.4, 0.5) is 0 Å². The van der Waals surface area contributed by atoms with Crippen LogP contribution < -0.4 is 5.56 Å². The summed E-state index contributed by atoms with van der Waals surface area (Å²) in [6, 6.07) is 9.15. The van der Waals surface area contributed by atoms with Gasteiger partial charge < -0.3 is 4.98 Å². The van der Waals surface area contributed by atoms with Gasteiger partial charge in [0.1, 0.15) is 6.07 Å². The Morgan fingerprint density at radius 1 is 1.35 bits per heavy atom. The van der Waals surface area contributed by atoms with Gasteiger partial charge in [-0.1, -0.05) is 6.07 Å². The maximum atomic E-state index is 11.8. The van der Waals surface area contributed by atoms with Crippen LogP contribution in [0.15, 0.2) is 41.5 Å². The summed E-state index contributed by atoms with van der Waals surface area (Å²) in [6.45, 7) is 0. The van der Waals surface area contributed by atoms with Gasteiger partial charge in [0.2, 0.25) is 0 Å². The number of benzene rings is 1. The smallest absolute Gasteiger partial charge is 0.256 e. The summed E-state index contributed by atoms with van der Waals surface area (Å²) in [7, 11) is 0. The average molecular weight is 221 g/mol. The van der Waals surface area contributed by atoms with Crippen molar-refractivity contribution >= 4 is 21.7 Å². The van der Waals surface area contributed by atoms with Crippen LogP contribution in [-0.4, -0.2) is 9.97 Å². The van der Waals surface area contributed by atoms with E-state index in [4.69, 9.17) is 5.26 Å². The van der Waals surface area contributed by atoms with E-state index in [1.165, 1.54) is 0 Å². The molecule has 0 saturated heterocycles. The first kappa shape index (κ1) is 9.55. The van der Waals surface area contributed by atoms with Crippen LogP contribution in [0.2, 0.25) is 0 Å². The van der Waals surface area contributed by atoms with Crippen molar-refractivity contribution < 1.29 is 0 Å². The summed E-state index contributed by atoms with van der Waals surface area (Å²) in [5.74, 6) is 0. The van der Waals surface area contributed by atoms with E-state index >= 15 is 0 Å². The Morgan fingerprint density at radius 3 is 3.06 bits per heavy atom. The molecule has 0 fully saturated rings. The number of aromatic nitrogens is 2. The van der Waals surface area contributed by atoms with Crippen molar-refractivity contribution in [2.45, 2.75) is 0 Å². The van der Waals surface area contributed by atoms with Crippen molar-refractivity contribution in [1.82, 2.24) is 9.97 Å². The number of fused-ring (bicyclic) bond motifs is 3. The molecule has 4 nitrogen and oxygen atoms in total. The molecular weight excluding hydrogens is 214 g/mol. The number of aromatic amines is 1. The fraction of sp³-hybridized carbons (Fsp3) is 0. The summed E-state index contributed by atoms with van der Waals surface area (Å²) >= 11 is 0. The largest absolute Gasteiger partial charge is 0.329 e. The van der Waals surface area contributed by atoms with E-state index in [0.717, 1.165) is 5.39 Å². The number of H-pyrrole nitrogens is 1. The van der Waals surface area contributed by atoms with Gasteiger partial charge in [-0.25, -0.2) is 0 Å². The highest BCUT2D eigenvalue weighted by molar-refractivity contribution is 6.07. The van der Waals surface area contributed by atoms with Gasteiger partial charge in [-0.15, -0.1) is 0 Å². The fourth-order valence-electron chi connectivity index (χ4n) is 2.02. The van der Waals surface area contributed by atoms with Crippen molar-refractivity contribution in [3.8, 4) is 6.07 Å². The minimum atomic E-state index is -0.162. The predicted octanol–water partition coefficient (Wildman–Crippen LogP) is 1.95. The monoisotopic (exact) mass is 221 g/mol. The topological polar surface area (TPSA) is 69.5 Å². The number of nitriles is 1. The number of nitrogens with one attached hydrogen (secondary N) is 1. The molecule has 0 spiro atoms. The molecule has 17 heavy (non-hydrogen) atoms. The molecule has 0 saturated carbocycles. The van der Waals surface area contributed by atoms with Crippen LogP contribution in [0.5, 0.6) is 0 Å². The molecule has 2 heterocycles. The first-order chi connectivity index (χ1) is 8.31. The van der Waals surface area contributed by atoms with Crippen molar-refractivity contribution in [2.75, 3.05) is 0 Å². The standard InChI is InChI=1S/C13H7N3O/c14-7-9-6-8-3-5-16-13(17)11(8)10-2-1-4-15-12(9)10/h1-6H,(H,16,17). The Labute approximate surface area is 96.2 Å². The molecule has 80 valence electrons. The molecule has 0 aliphatic heterocycles. The van der Waals surface area contributed by atoms with Crippen LogP contribution in [-0.2, 0) is 0 Å². The second-order valence-corrected chi connectivity index (χ2v) is 3.71. The molecule has 2 aromatic heterocycles. The van der Waals surface area contributed by atoms with Gasteiger partial charge in [0.05, 0.1) is 16.5 Å². The summed E-state index contributed by atoms with van der Waals surface area (Å²) in [4.78, 5) is 18.6. The lowest BCUT2D eigenvalue weighted by Gasteiger charge is -2.03. The van der Waals surface area contributed by atoms with Crippen molar-refractivity contribution in [1.29, 1.82) is 5.26 Å². The molecule has 0 unspecified atom stereocenters. The molecule has 0 amide bonds. The van der Waals surface area contributed by atoms with Crippen LogP contribution in [0, 0.1) is 11.3 Å². The normalized spacial score (nSPS) is 10.5. The van der Waals surface area contributed by atoms with E-state index < -0.39 is 0 Å². The minimum absolute atomic E-state index is 0.162. The maximum Gasteiger partial charge on any atom is 0.256 e. The molecule has 4 heteroatoms. The molecule has 0 bridgehead atoms. The van der Waals surface area contributed by atoms with Crippen LogP contribution in [0.1, 0.15) is 5.56 Å². The Bertz CT molecular complexity index is 827. The van der Waals surface area contributed by atoms with Gasteiger partial charge in [-0.05, 0) is 23.6 Å². The number of rotatable bonds is 0. The lowest BCUT2D eigenvalue weighted by atomic mass is 10.0. The second kappa shape index (κ2) is 3.42. The van der Waals surface area contributed by atoms with Crippen molar-refractivity contribution in [3.63, 3.8) is 0 Å². The first-order valence-electron chi connectivity index (χ1n) is 5.10. The molecule has 0 radical (unpaired) electrons. The molecular formula is C13H7N3O. The maximum absolute atomic E-state index is 11.8. The molecule has 0 atom stereocenters. The van der Waals surface area contributed by atoms with Gasteiger partial charge >= 0.3 is 0 Å². The summed E-state index contributed by atoms with van der Waals surface area (Å²) in [6.07, 6.45) is 3.19. The summed E-state index contributed by atoms with van der Waals surface area (Å²) in [5.41, 5.74) is 0.892. The zero-order chi connectivity index (χ0) is 11.8. The van der Waals surface area contributed by atoms with Crippen LogP contribution in [0.3, 0.4) is 0 Å². The predicted molar refractivity (Wildman–Crippen MR) is 64.6 cm³/mol. The number of hydrogen-bond acceptors (Lipinski definition) is 3. The highest BCUT2D eigenvalue weighted by Crippen LogP contribution is 2.23. The Morgan fingerprint density at radius 2 is 2.24 bits per heavy atom. The Hall–Kier alpha value is -2.67. The molecule has 3 rings (SSSR count). The van der Waals surface area contributed by atoms with E-state index in [-0.39, 0.29) is 5.56 Å². The third-order valence-corrected chi connectivity index (χ3v) is 2.75. The quantitative estimate of drug-likeness (QED) is 0.590. The highest BCUT2D eigenvalue weighted by Gasteiger charge is 2.09. The van der Waals surface area contributed by atoms with Gasteiger partial charge in [0.25, 0.3) is 5.56 Å². The number of hydrogen-bond donors (Lipinski definition) is 1. The van der Waals surface area contributed by atoms with Crippen molar-refractivity contribution in [3.05, 3.63) is 52.6 Å². The molecule has 1 aromatic carbocycles. The zero-order valence-corrected chi connectivity index (χ0v) is 8.77. The number of pyridine rings is 2. The van der Waals surface area contributed by atoms with E-state index in [1.807, 2.05) is 0 Å². The van der Waals surface area contributed by atoms with Crippen molar-refractivity contribution in [2.24, 2.45) is 0 Å². The molecule has 1 N–H and O–H groups in total. The van der Waals surface area contributed by atoms with Gasteiger partial charge in [-0.3, -0.25) is 9.78 Å². The third kappa shape index (κ3) is 1.30. The zero-order valence-electron chi connectivity index (χ0n) is 8.77. The molecule has 0 aliphatic carbocycles. The fourth-order valence-corrected chi connectivity index (χ4v) is 2.02. The first-order valence-corrected chi connectivity index (χ1v) is 5.10. The van der Waals surface area contributed by atoms with Crippen LogP contribution >= 0.6 is 0 Å². The molecule has 0 aliphatic rings. The lowest BCUT2D eigenvalue weighted by molar-refractivity contribution is 1.28. The lowest BCUT2D eigenvalue weighted by Crippen LogP contribution is -2.05. The van der Waals surface area contributed by atoms with Gasteiger partial charge in [0.15, 0.2) is 0 Å². The van der Waals surface area contributed by atoms with E-state index in [2.05, 4.69) is 16.0 Å². The molecule has 3 aromatic rings. The number of nitrogens with zero attached hydrogens (tertiary/aromatic N) is 2. The van der Waals surface area contributed by atoms with E-state index in [0.29, 0.717) is 21.9 Å². The summed E-state index contributed by atoms with van der Waals surface area (Å²) < 4.78 is 0. The highest BCUT2D eigenvalue weighted by atomic mass is 16.1. The second-order valence-electron chi connectivity index (χ2n) is 3.71. The average Bonchev–Trinajstić information content (AvgIpc) is 2.37. The minimum Gasteiger partial charge on any atom is -0.329 e. The van der Waals surface area contributed by atoms with Gasteiger partial charge in [-0.2, -0.15) is 5.26 Å². The summed E-state index contributed by atoms with van der Waals surface area (Å²) in [5, 5.41) is 11.1. The van der Waals surface area contributed by atoms with E-state index in [9.17, 15) is 4.79 Å². The third-order valence-electron chi connectivity index (χ3n) is 2.75. The van der Waals surface area contributed by atoms with E-state index in [1.54, 1.807) is 36.7 Å². The Balaban J connectivity index is 2.72. The SMILES string of the molecule is N#Cc1cc2cc[nH]c(=O)c2c2cccnc12. The Kier molecular flexibility index (Phi) is 1.92. The van der Waals surface area contributed by atoms with Gasteiger partial charge in [0, 0.05) is 17.8 Å².